The minimum atomic E-state index is -1.14. The normalized spacial score (nSPS) is 11.2. The second-order valence-electron chi connectivity index (χ2n) is 5.66. The topological polar surface area (TPSA) is 52.6 Å². The molecule has 0 aliphatic carbocycles. The van der Waals surface area contributed by atoms with Crippen molar-refractivity contribution in [2.75, 3.05) is 7.11 Å². The first-order valence-electron chi connectivity index (χ1n) is 6.49. The highest BCUT2D eigenvalue weighted by molar-refractivity contribution is 9.10. The minimum absolute atomic E-state index is 0.164. The van der Waals surface area contributed by atoms with Gasteiger partial charge in [0.2, 0.25) is 5.82 Å². The van der Waals surface area contributed by atoms with E-state index in [1.165, 1.54) is 13.2 Å². The van der Waals surface area contributed by atoms with Gasteiger partial charge in [-0.1, -0.05) is 0 Å². The zero-order chi connectivity index (χ0) is 17.1. The van der Waals surface area contributed by atoms with Crippen LogP contribution in [0.5, 0.6) is 5.75 Å². The molecule has 0 saturated carbocycles. The Kier molecular flexibility index (Phi) is 6.05. The smallest absolute Gasteiger partial charge is 0.313 e. The van der Waals surface area contributed by atoms with Crippen LogP contribution in [-0.4, -0.2) is 24.5 Å². The van der Waals surface area contributed by atoms with Crippen molar-refractivity contribution in [1.29, 1.82) is 0 Å². The number of Topliss-reactive ketones (excluding diaryl/α,β-unsaturated/α-hetero) is 1. The Balaban J connectivity index is 2.85. The largest absolute Gasteiger partial charge is 0.494 e. The molecule has 0 N–H and O–H groups in total. The zero-order valence-electron chi connectivity index (χ0n) is 12.8. The Morgan fingerprint density at radius 2 is 1.82 bits per heavy atom. The number of ketones is 1. The molecule has 0 unspecified atom stereocenters. The number of methoxy groups -OCH3 is 1. The van der Waals surface area contributed by atoms with Gasteiger partial charge in [0.05, 0.1) is 11.6 Å². The van der Waals surface area contributed by atoms with E-state index in [1.54, 1.807) is 20.8 Å². The highest BCUT2D eigenvalue weighted by atomic mass is 79.9. The molecule has 7 heteroatoms. The van der Waals surface area contributed by atoms with Crippen LogP contribution >= 0.6 is 15.9 Å². The van der Waals surface area contributed by atoms with E-state index in [2.05, 4.69) is 15.9 Å². The fourth-order valence-electron chi connectivity index (χ4n) is 1.72. The lowest BCUT2D eigenvalue weighted by atomic mass is 10.1. The maximum Gasteiger partial charge on any atom is 0.313 e. The van der Waals surface area contributed by atoms with Gasteiger partial charge in [0.25, 0.3) is 0 Å². The number of benzene rings is 1. The molecule has 0 atom stereocenters. The van der Waals surface area contributed by atoms with E-state index in [4.69, 9.17) is 9.47 Å². The highest BCUT2D eigenvalue weighted by Crippen LogP contribution is 2.30. The summed E-state index contributed by atoms with van der Waals surface area (Å²) in [6.07, 6.45) is -0.682. The first-order chi connectivity index (χ1) is 10.0. The molecule has 0 heterocycles. The quantitative estimate of drug-likeness (QED) is 0.446. The molecule has 0 saturated heterocycles. The van der Waals surface area contributed by atoms with Gasteiger partial charge < -0.3 is 9.47 Å². The van der Waals surface area contributed by atoms with Crippen LogP contribution in [0.2, 0.25) is 0 Å². The van der Waals surface area contributed by atoms with Gasteiger partial charge in [-0.25, -0.2) is 4.39 Å². The van der Waals surface area contributed by atoms with E-state index in [9.17, 15) is 18.4 Å². The SMILES string of the molecule is COc1cc(CC(=O)CC(=O)OC(C)(C)C)c(Br)c(F)c1F. The van der Waals surface area contributed by atoms with Crippen LogP contribution in [-0.2, 0) is 20.7 Å². The summed E-state index contributed by atoms with van der Waals surface area (Å²) >= 11 is 2.90. The molecule has 0 bridgehead atoms. The lowest BCUT2D eigenvalue weighted by Gasteiger charge is -2.19. The molecule has 0 aromatic heterocycles. The molecule has 0 aliphatic heterocycles. The van der Waals surface area contributed by atoms with Gasteiger partial charge in [0, 0.05) is 6.42 Å². The second-order valence-corrected chi connectivity index (χ2v) is 6.45. The first-order valence-corrected chi connectivity index (χ1v) is 7.28. The molecule has 1 rings (SSSR count). The third-order valence-corrected chi connectivity index (χ3v) is 3.42. The van der Waals surface area contributed by atoms with Gasteiger partial charge in [-0.15, -0.1) is 0 Å². The van der Waals surface area contributed by atoms with Crippen molar-refractivity contribution in [3.63, 3.8) is 0 Å². The lowest BCUT2D eigenvalue weighted by molar-refractivity contribution is -0.156. The first kappa shape index (κ1) is 18.5. The monoisotopic (exact) mass is 378 g/mol. The van der Waals surface area contributed by atoms with Crippen LogP contribution < -0.4 is 4.74 Å². The number of rotatable bonds is 5. The van der Waals surface area contributed by atoms with Crippen LogP contribution in [0.4, 0.5) is 8.78 Å². The maximum absolute atomic E-state index is 13.7. The zero-order valence-corrected chi connectivity index (χ0v) is 14.3. The fourth-order valence-corrected chi connectivity index (χ4v) is 2.15. The van der Waals surface area contributed by atoms with E-state index in [-0.39, 0.29) is 22.2 Å². The van der Waals surface area contributed by atoms with E-state index in [0.29, 0.717) is 0 Å². The van der Waals surface area contributed by atoms with E-state index in [0.717, 1.165) is 0 Å². The fraction of sp³-hybridized carbons (Fsp3) is 0.467. The molecule has 22 heavy (non-hydrogen) atoms. The average Bonchev–Trinajstić information content (AvgIpc) is 2.37. The number of halogens is 3. The Bertz CT molecular complexity index is 594. The van der Waals surface area contributed by atoms with Gasteiger partial charge in [0.15, 0.2) is 11.6 Å². The summed E-state index contributed by atoms with van der Waals surface area (Å²) in [5.41, 5.74) is -0.493. The third kappa shape index (κ3) is 5.05. The van der Waals surface area contributed by atoms with Crippen LogP contribution in [0.25, 0.3) is 0 Å². The van der Waals surface area contributed by atoms with Crippen LogP contribution in [0.1, 0.15) is 32.8 Å². The van der Waals surface area contributed by atoms with Crippen molar-refractivity contribution in [1.82, 2.24) is 0 Å². The average molecular weight is 379 g/mol. The molecule has 1 aromatic rings. The summed E-state index contributed by atoms with van der Waals surface area (Å²) in [6, 6.07) is 1.22. The molecule has 4 nitrogen and oxygen atoms in total. The van der Waals surface area contributed by atoms with Crippen molar-refractivity contribution in [3.8, 4) is 5.75 Å². The molecular weight excluding hydrogens is 362 g/mol. The van der Waals surface area contributed by atoms with Gasteiger partial charge >= 0.3 is 5.97 Å². The maximum atomic E-state index is 13.7. The van der Waals surface area contributed by atoms with Crippen molar-refractivity contribution in [2.45, 2.75) is 39.2 Å². The Morgan fingerprint density at radius 3 is 2.32 bits per heavy atom. The molecule has 0 radical (unpaired) electrons. The van der Waals surface area contributed by atoms with Gasteiger partial charge in [-0.3, -0.25) is 9.59 Å². The summed E-state index contributed by atoms with van der Waals surface area (Å²) in [4.78, 5) is 23.5. The number of hydrogen-bond donors (Lipinski definition) is 0. The van der Waals surface area contributed by atoms with E-state index >= 15 is 0 Å². The second kappa shape index (κ2) is 7.17. The predicted molar refractivity (Wildman–Crippen MR) is 79.8 cm³/mol. The Labute approximate surface area is 135 Å². The van der Waals surface area contributed by atoms with Crippen LogP contribution in [0, 0.1) is 11.6 Å². The molecule has 0 spiro atoms. The van der Waals surface area contributed by atoms with Crippen molar-refractivity contribution >= 4 is 27.7 Å². The summed E-state index contributed by atoms with van der Waals surface area (Å²) < 4.78 is 36.7. The Hall–Kier alpha value is -1.50. The number of ether oxygens (including phenoxy) is 2. The number of esters is 1. The third-order valence-electron chi connectivity index (χ3n) is 2.56. The summed E-state index contributed by atoms with van der Waals surface area (Å²) in [5.74, 6) is -3.72. The standard InChI is InChI=1S/C15H17BrF2O4/c1-15(2,3)22-11(20)7-9(19)5-8-6-10(21-4)13(17)14(18)12(8)16/h6H,5,7H2,1-4H3. The highest BCUT2D eigenvalue weighted by Gasteiger charge is 2.22. The van der Waals surface area contributed by atoms with E-state index < -0.39 is 35.4 Å². The van der Waals surface area contributed by atoms with Gasteiger partial charge in [0.1, 0.15) is 17.8 Å². The van der Waals surface area contributed by atoms with Crippen molar-refractivity contribution < 1.29 is 27.8 Å². The molecular formula is C15H17BrF2O4. The van der Waals surface area contributed by atoms with Gasteiger partial charge in [-0.2, -0.15) is 4.39 Å². The summed E-state index contributed by atoms with van der Waals surface area (Å²) in [5, 5.41) is 0. The molecule has 0 fully saturated rings. The number of hydrogen-bond acceptors (Lipinski definition) is 4. The summed E-state index contributed by atoms with van der Waals surface area (Å²) in [7, 11) is 1.19. The lowest BCUT2D eigenvalue weighted by Crippen LogP contribution is -2.25. The predicted octanol–water partition coefficient (Wildman–Crippen LogP) is 3.58. The summed E-state index contributed by atoms with van der Waals surface area (Å²) in [6.45, 7) is 5.06. The van der Waals surface area contributed by atoms with Gasteiger partial charge in [-0.05, 0) is 48.3 Å². The number of carbonyl (C=O) groups is 2. The molecule has 122 valence electrons. The number of carbonyl (C=O) groups excluding carboxylic acids is 2. The molecule has 0 amide bonds. The van der Waals surface area contributed by atoms with Crippen LogP contribution in [0.15, 0.2) is 10.5 Å². The Morgan fingerprint density at radius 1 is 1.23 bits per heavy atom. The minimum Gasteiger partial charge on any atom is -0.494 e. The molecule has 1 aromatic carbocycles. The van der Waals surface area contributed by atoms with E-state index in [1.807, 2.05) is 0 Å². The van der Waals surface area contributed by atoms with Crippen molar-refractivity contribution in [2.24, 2.45) is 0 Å². The molecule has 0 aliphatic rings. The van der Waals surface area contributed by atoms with Crippen molar-refractivity contribution in [3.05, 3.63) is 27.7 Å². The van der Waals surface area contributed by atoms with Crippen LogP contribution in [0.3, 0.4) is 0 Å².